The number of amidine groups is 1. The molecule has 1 fully saturated rings. The second kappa shape index (κ2) is 9.62. The van der Waals surface area contributed by atoms with Gasteiger partial charge in [0, 0.05) is 37.3 Å². The highest BCUT2D eigenvalue weighted by Crippen LogP contribution is 2.42. The molecule has 0 saturated carbocycles. The number of nitrogens with zero attached hydrogens (tertiary/aromatic N) is 3. The van der Waals surface area contributed by atoms with Crippen molar-refractivity contribution in [1.29, 1.82) is 0 Å². The van der Waals surface area contributed by atoms with Gasteiger partial charge in [0.05, 0.1) is 18.2 Å². The normalized spacial score (nSPS) is 17.1. The van der Waals surface area contributed by atoms with Gasteiger partial charge in [0.15, 0.2) is 5.75 Å². The summed E-state index contributed by atoms with van der Waals surface area (Å²) in [5.41, 5.74) is -0.455. The lowest BCUT2D eigenvalue weighted by molar-refractivity contribution is -0.137. The van der Waals surface area contributed by atoms with E-state index in [0.717, 1.165) is 24.3 Å². The molecule has 1 saturated heterocycles. The number of fused-ring (bicyclic) bond motifs is 2. The van der Waals surface area contributed by atoms with Gasteiger partial charge in [0.1, 0.15) is 34.7 Å². The lowest BCUT2D eigenvalue weighted by Crippen LogP contribution is -2.55. The van der Waals surface area contributed by atoms with Gasteiger partial charge in [-0.15, -0.1) is 0 Å². The molecular weight excluding hydrogens is 509 g/mol. The maximum absolute atomic E-state index is 13.7. The molecule has 6 nitrogen and oxygen atoms in total. The number of rotatable bonds is 2. The topological polar surface area (TPSA) is 54.4 Å². The van der Waals surface area contributed by atoms with Gasteiger partial charge in [-0.05, 0) is 55.5 Å². The molecule has 0 aliphatic carbocycles. The van der Waals surface area contributed by atoms with E-state index in [1.54, 1.807) is 25.1 Å². The Kier molecular flexibility index (Phi) is 6.46. The highest BCUT2D eigenvalue weighted by Gasteiger charge is 2.34. The van der Waals surface area contributed by atoms with Crippen LogP contribution >= 0.6 is 0 Å². The first-order chi connectivity index (χ1) is 18.0. The van der Waals surface area contributed by atoms with Crippen molar-refractivity contribution >= 4 is 17.4 Å². The van der Waals surface area contributed by atoms with E-state index in [0.29, 0.717) is 29.0 Å². The smallest absolute Gasteiger partial charge is 0.416 e. The molecule has 2 heterocycles. The van der Waals surface area contributed by atoms with E-state index in [2.05, 4.69) is 4.99 Å². The minimum atomic E-state index is -4.57. The average molecular weight is 531 g/mol. The van der Waals surface area contributed by atoms with E-state index in [9.17, 15) is 26.7 Å². The minimum absolute atomic E-state index is 0.00591. The molecule has 3 aromatic carbocycles. The summed E-state index contributed by atoms with van der Waals surface area (Å²) in [6.07, 6.45) is -4.57. The van der Waals surface area contributed by atoms with Gasteiger partial charge in [0.25, 0.3) is 5.91 Å². The Balaban J connectivity index is 1.51. The molecule has 0 radical (unpaired) electrons. The van der Waals surface area contributed by atoms with Crippen LogP contribution in [0.5, 0.6) is 17.2 Å². The number of methoxy groups -OCH3 is 1. The lowest BCUT2D eigenvalue weighted by atomic mass is 10.1. The fraction of sp³-hybridized carbons (Fsp3) is 0.259. The molecule has 1 amide bonds. The number of benzene rings is 3. The first-order valence-electron chi connectivity index (χ1n) is 11.7. The van der Waals surface area contributed by atoms with Crippen LogP contribution < -0.4 is 9.47 Å². The number of aliphatic imine (C=N–C) groups is 1. The Morgan fingerprint density at radius 2 is 1.71 bits per heavy atom. The van der Waals surface area contributed by atoms with E-state index in [4.69, 9.17) is 9.47 Å². The molecule has 0 aromatic heterocycles. The molecule has 5 rings (SSSR count). The molecule has 1 unspecified atom stereocenters. The van der Waals surface area contributed by atoms with Crippen molar-refractivity contribution in [3.8, 4) is 17.2 Å². The Bertz CT molecular complexity index is 1420. The zero-order valence-electron chi connectivity index (χ0n) is 20.4. The number of hydrogen-bond donors (Lipinski definition) is 0. The molecule has 3 aromatic rings. The van der Waals surface area contributed by atoms with E-state index in [1.807, 2.05) is 4.90 Å². The number of carbonyl (C=O) groups excluding carboxylic acids is 1. The summed E-state index contributed by atoms with van der Waals surface area (Å²) in [7, 11) is 1.49. The summed E-state index contributed by atoms with van der Waals surface area (Å²) in [6, 6.07) is 10.3. The lowest BCUT2D eigenvalue weighted by Gasteiger charge is -2.41. The van der Waals surface area contributed by atoms with Crippen molar-refractivity contribution < 1.29 is 36.2 Å². The van der Waals surface area contributed by atoms with Crippen LogP contribution in [0.4, 0.5) is 27.6 Å². The Morgan fingerprint density at radius 3 is 2.37 bits per heavy atom. The monoisotopic (exact) mass is 531 g/mol. The molecule has 2 aliphatic rings. The van der Waals surface area contributed by atoms with Gasteiger partial charge in [-0.2, -0.15) is 13.2 Å². The van der Waals surface area contributed by atoms with Crippen molar-refractivity contribution in [2.24, 2.45) is 4.99 Å². The predicted octanol–water partition coefficient (Wildman–Crippen LogP) is 6.02. The number of alkyl halides is 3. The van der Waals surface area contributed by atoms with Crippen LogP contribution in [0.3, 0.4) is 0 Å². The van der Waals surface area contributed by atoms with Gasteiger partial charge in [-0.25, -0.2) is 13.8 Å². The van der Waals surface area contributed by atoms with Gasteiger partial charge in [-0.1, -0.05) is 0 Å². The highest BCUT2D eigenvalue weighted by molar-refractivity contribution is 6.04. The standard InChI is InChI=1S/C27H22F5N3O3/c1-15-14-34(7-8-35(15)26(36)16-9-18(28)12-19(29)10-16)25-21-13-20(37-2)4-6-23(21)38-24-5-3-17(27(30,31)32)11-22(24)33-25/h3-6,9-13,15H,7-8,14H2,1-2H3. The molecule has 0 bridgehead atoms. The third-order valence-electron chi connectivity index (χ3n) is 6.46. The minimum Gasteiger partial charge on any atom is -0.497 e. The zero-order chi connectivity index (χ0) is 27.2. The second-order valence-corrected chi connectivity index (χ2v) is 9.03. The van der Waals surface area contributed by atoms with Gasteiger partial charge in [-0.3, -0.25) is 4.79 Å². The quantitative estimate of drug-likeness (QED) is 0.380. The Hall–Kier alpha value is -4.15. The molecule has 0 spiro atoms. The summed E-state index contributed by atoms with van der Waals surface area (Å²) in [5, 5.41) is 0. The summed E-state index contributed by atoms with van der Waals surface area (Å²) in [4.78, 5) is 21.0. The third-order valence-corrected chi connectivity index (χ3v) is 6.46. The number of ether oxygens (including phenoxy) is 2. The maximum atomic E-state index is 13.7. The highest BCUT2D eigenvalue weighted by atomic mass is 19.4. The molecule has 0 N–H and O–H groups in total. The van der Waals surface area contributed by atoms with Crippen molar-refractivity contribution in [2.45, 2.75) is 19.1 Å². The average Bonchev–Trinajstić information content (AvgIpc) is 3.03. The number of hydrogen-bond acceptors (Lipinski definition) is 5. The summed E-state index contributed by atoms with van der Waals surface area (Å²) >= 11 is 0. The fourth-order valence-corrected chi connectivity index (χ4v) is 4.60. The van der Waals surface area contributed by atoms with Crippen LogP contribution in [0, 0.1) is 11.6 Å². The third kappa shape index (κ3) is 4.88. The Morgan fingerprint density at radius 1 is 1.00 bits per heavy atom. The van der Waals surface area contributed by atoms with Crippen molar-refractivity contribution in [1.82, 2.24) is 9.80 Å². The molecule has 198 valence electrons. The number of piperazine rings is 1. The molecular formula is C27H22F5N3O3. The number of amides is 1. The Labute approximate surface area is 214 Å². The molecule has 11 heteroatoms. The van der Waals surface area contributed by atoms with Crippen LogP contribution in [0.1, 0.15) is 28.4 Å². The van der Waals surface area contributed by atoms with Crippen molar-refractivity contribution in [2.75, 3.05) is 26.7 Å². The number of halogens is 5. The van der Waals surface area contributed by atoms with Crippen LogP contribution in [-0.4, -0.2) is 54.3 Å². The second-order valence-electron chi connectivity index (χ2n) is 9.03. The first kappa shape index (κ1) is 25.5. The fourth-order valence-electron chi connectivity index (χ4n) is 4.60. The summed E-state index contributed by atoms with van der Waals surface area (Å²) in [5.74, 6) is -0.836. The van der Waals surface area contributed by atoms with Gasteiger partial charge >= 0.3 is 6.18 Å². The van der Waals surface area contributed by atoms with Crippen molar-refractivity contribution in [3.63, 3.8) is 0 Å². The van der Waals surface area contributed by atoms with Gasteiger partial charge in [0.2, 0.25) is 0 Å². The number of carbonyl (C=O) groups is 1. The largest absolute Gasteiger partial charge is 0.497 e. The van der Waals surface area contributed by atoms with Crippen LogP contribution in [0.25, 0.3) is 0 Å². The van der Waals surface area contributed by atoms with Crippen LogP contribution in [0.15, 0.2) is 59.6 Å². The van der Waals surface area contributed by atoms with E-state index < -0.39 is 35.3 Å². The van der Waals surface area contributed by atoms with E-state index in [1.165, 1.54) is 18.1 Å². The predicted molar refractivity (Wildman–Crippen MR) is 129 cm³/mol. The van der Waals surface area contributed by atoms with E-state index in [-0.39, 0.29) is 36.6 Å². The van der Waals surface area contributed by atoms with Gasteiger partial charge < -0.3 is 19.3 Å². The molecule has 1 atom stereocenters. The SMILES string of the molecule is COc1ccc2c(c1)C(N1CCN(C(=O)c3cc(F)cc(F)c3)C(C)C1)=Nc1cc(C(F)(F)F)ccc1O2. The zero-order valence-corrected chi connectivity index (χ0v) is 20.4. The van der Waals surface area contributed by atoms with Crippen molar-refractivity contribution in [3.05, 3.63) is 82.9 Å². The summed E-state index contributed by atoms with van der Waals surface area (Å²) < 4.78 is 79.0. The van der Waals surface area contributed by atoms with Crippen LogP contribution in [-0.2, 0) is 6.18 Å². The first-order valence-corrected chi connectivity index (χ1v) is 11.7. The molecule has 38 heavy (non-hydrogen) atoms. The maximum Gasteiger partial charge on any atom is 0.416 e. The summed E-state index contributed by atoms with van der Waals surface area (Å²) in [6.45, 7) is 2.48. The van der Waals surface area contributed by atoms with Crippen LogP contribution in [0.2, 0.25) is 0 Å². The molecule has 2 aliphatic heterocycles. The van der Waals surface area contributed by atoms with E-state index >= 15 is 0 Å².